The van der Waals surface area contributed by atoms with Gasteiger partial charge >= 0.3 is 5.97 Å². The molecule has 2 N–H and O–H groups in total. The van der Waals surface area contributed by atoms with E-state index in [2.05, 4.69) is 11.4 Å². The van der Waals surface area contributed by atoms with Crippen LogP contribution in [-0.4, -0.2) is 17.0 Å². The fourth-order valence-corrected chi connectivity index (χ4v) is 2.01. The van der Waals surface area contributed by atoms with Crippen LogP contribution in [0.4, 0.5) is 5.69 Å². The second kappa shape index (κ2) is 6.20. The number of hydrogen-bond acceptors (Lipinski definition) is 3. The Morgan fingerprint density at radius 3 is 2.35 bits per heavy atom. The second-order valence-electron chi connectivity index (χ2n) is 4.69. The van der Waals surface area contributed by atoms with Gasteiger partial charge in [0.05, 0.1) is 11.6 Å². The normalized spacial score (nSPS) is 10.7. The van der Waals surface area contributed by atoms with Crippen molar-refractivity contribution in [1.82, 2.24) is 0 Å². The van der Waals surface area contributed by atoms with Gasteiger partial charge in [0, 0.05) is 5.69 Å². The Balaban J connectivity index is 3.00. The fourth-order valence-electron chi connectivity index (χ4n) is 2.01. The lowest BCUT2D eigenvalue weighted by atomic mass is 9.83. The van der Waals surface area contributed by atoms with Crippen LogP contribution in [0.15, 0.2) is 18.2 Å². The summed E-state index contributed by atoms with van der Waals surface area (Å²) >= 11 is 0. The molecule has 0 bridgehead atoms. The van der Waals surface area contributed by atoms with E-state index in [1.807, 2.05) is 0 Å². The number of carbonyl (C=O) groups is 2. The molecule has 1 rings (SSSR count). The van der Waals surface area contributed by atoms with Crippen molar-refractivity contribution in [3.63, 3.8) is 0 Å². The number of carbonyl (C=O) groups excluding carboxylic acids is 1. The summed E-state index contributed by atoms with van der Waals surface area (Å²) in [6, 6.07) is 6.64. The second-order valence-corrected chi connectivity index (χ2v) is 4.69. The molecule has 0 heterocycles. The number of amides is 1. The molecule has 0 aliphatic carbocycles. The Kier molecular flexibility index (Phi) is 4.87. The van der Waals surface area contributed by atoms with E-state index in [1.54, 1.807) is 26.8 Å². The summed E-state index contributed by atoms with van der Waals surface area (Å²) in [5, 5.41) is 20.8. The average Bonchev–Trinajstić information content (AvgIpc) is 2.41. The molecule has 0 aliphatic heterocycles. The minimum Gasteiger partial charge on any atom is -0.478 e. The minimum atomic E-state index is -1.04. The zero-order valence-electron chi connectivity index (χ0n) is 11.9. The maximum Gasteiger partial charge on any atom is 0.335 e. The average molecular weight is 274 g/mol. The predicted molar refractivity (Wildman–Crippen MR) is 75.4 cm³/mol. The van der Waals surface area contributed by atoms with E-state index in [0.29, 0.717) is 24.1 Å². The van der Waals surface area contributed by atoms with E-state index in [1.165, 1.54) is 12.1 Å². The third-order valence-corrected chi connectivity index (χ3v) is 3.57. The third-order valence-electron chi connectivity index (χ3n) is 3.57. The summed E-state index contributed by atoms with van der Waals surface area (Å²) in [5.74, 6) is -1.36. The Labute approximate surface area is 118 Å². The van der Waals surface area contributed by atoms with Crippen LogP contribution in [-0.2, 0) is 4.79 Å². The van der Waals surface area contributed by atoms with Crippen LogP contribution in [0.1, 0.15) is 42.6 Å². The van der Waals surface area contributed by atoms with E-state index in [-0.39, 0.29) is 11.5 Å². The number of nitrogens with zero attached hydrogens (tertiary/aromatic N) is 1. The van der Waals surface area contributed by atoms with Crippen molar-refractivity contribution in [2.75, 3.05) is 5.32 Å². The molecule has 0 radical (unpaired) electrons. The molecular weight excluding hydrogens is 256 g/mol. The number of carboxylic acids is 1. The highest BCUT2D eigenvalue weighted by atomic mass is 16.4. The quantitative estimate of drug-likeness (QED) is 0.863. The number of carboxylic acid groups (broad SMARTS) is 1. The van der Waals surface area contributed by atoms with Gasteiger partial charge in [-0.15, -0.1) is 0 Å². The lowest BCUT2D eigenvalue weighted by Crippen LogP contribution is -2.33. The van der Waals surface area contributed by atoms with Crippen molar-refractivity contribution in [2.24, 2.45) is 5.41 Å². The van der Waals surface area contributed by atoms with Crippen molar-refractivity contribution in [3.8, 4) is 6.07 Å². The van der Waals surface area contributed by atoms with Gasteiger partial charge in [-0.05, 0) is 43.5 Å². The molecule has 0 fully saturated rings. The number of benzene rings is 1. The minimum absolute atomic E-state index is 0.195. The number of hydrogen-bond donors (Lipinski definition) is 2. The predicted octanol–water partition coefficient (Wildman–Crippen LogP) is 2.96. The molecule has 1 aromatic carbocycles. The number of anilines is 1. The number of nitriles is 1. The van der Waals surface area contributed by atoms with E-state index in [9.17, 15) is 14.9 Å². The molecule has 0 atom stereocenters. The Bertz CT molecular complexity index is 569. The standard InChI is InChI=1S/C15H18N2O3/c1-4-15(5-2,9-16)14(20)17-11-6-7-12(13(18)19)10(3)8-11/h6-8H,4-5H2,1-3H3,(H,17,20)(H,18,19). The lowest BCUT2D eigenvalue weighted by molar-refractivity contribution is -0.123. The monoisotopic (exact) mass is 274 g/mol. The summed E-state index contributed by atoms with van der Waals surface area (Å²) in [4.78, 5) is 23.1. The van der Waals surface area contributed by atoms with Crippen molar-refractivity contribution in [3.05, 3.63) is 29.3 Å². The lowest BCUT2D eigenvalue weighted by Gasteiger charge is -2.22. The first-order chi connectivity index (χ1) is 9.40. The van der Waals surface area contributed by atoms with E-state index >= 15 is 0 Å². The van der Waals surface area contributed by atoms with E-state index in [4.69, 9.17) is 5.11 Å². The van der Waals surface area contributed by atoms with E-state index < -0.39 is 11.4 Å². The van der Waals surface area contributed by atoms with Crippen molar-refractivity contribution < 1.29 is 14.7 Å². The fraction of sp³-hybridized carbons (Fsp3) is 0.400. The van der Waals surface area contributed by atoms with Crippen LogP contribution in [0.2, 0.25) is 0 Å². The van der Waals surface area contributed by atoms with E-state index in [0.717, 1.165) is 0 Å². The van der Waals surface area contributed by atoms with Gasteiger partial charge in [-0.3, -0.25) is 4.79 Å². The molecule has 5 nitrogen and oxygen atoms in total. The number of rotatable bonds is 5. The molecule has 20 heavy (non-hydrogen) atoms. The maximum absolute atomic E-state index is 12.2. The first-order valence-corrected chi connectivity index (χ1v) is 6.46. The molecule has 1 aromatic rings. The molecule has 0 saturated carbocycles. The summed E-state index contributed by atoms with van der Waals surface area (Å²) in [6.45, 7) is 5.26. The highest BCUT2D eigenvalue weighted by Crippen LogP contribution is 2.27. The summed E-state index contributed by atoms with van der Waals surface area (Å²) in [7, 11) is 0. The first kappa shape index (κ1) is 15.7. The number of aromatic carboxylic acids is 1. The van der Waals surface area contributed by atoms with Gasteiger partial charge in [-0.25, -0.2) is 4.79 Å². The van der Waals surface area contributed by atoms with Gasteiger partial charge in [0.2, 0.25) is 5.91 Å². The highest BCUT2D eigenvalue weighted by Gasteiger charge is 2.35. The van der Waals surface area contributed by atoms with Gasteiger partial charge in [0.25, 0.3) is 0 Å². The highest BCUT2D eigenvalue weighted by molar-refractivity contribution is 5.98. The van der Waals surface area contributed by atoms with Crippen LogP contribution < -0.4 is 5.32 Å². The SMILES string of the molecule is CCC(C#N)(CC)C(=O)Nc1ccc(C(=O)O)c(C)c1. The topological polar surface area (TPSA) is 90.2 Å². The first-order valence-electron chi connectivity index (χ1n) is 6.46. The molecule has 106 valence electrons. The molecule has 0 spiro atoms. The smallest absolute Gasteiger partial charge is 0.335 e. The Hall–Kier alpha value is -2.35. The van der Waals surface area contributed by atoms with Crippen LogP contribution in [0.3, 0.4) is 0 Å². The summed E-state index contributed by atoms with van der Waals surface area (Å²) < 4.78 is 0. The molecule has 5 heteroatoms. The molecule has 0 saturated heterocycles. The molecular formula is C15H18N2O3. The molecule has 0 unspecified atom stereocenters. The molecule has 0 aromatic heterocycles. The van der Waals surface area contributed by atoms with Crippen LogP contribution in [0, 0.1) is 23.7 Å². The van der Waals surface area contributed by atoms with Gasteiger partial charge in [-0.1, -0.05) is 13.8 Å². The number of nitrogens with one attached hydrogen (secondary N) is 1. The summed E-state index contributed by atoms with van der Waals surface area (Å²) in [5.41, 5.74) is 0.213. The van der Waals surface area contributed by atoms with Crippen molar-refractivity contribution in [2.45, 2.75) is 33.6 Å². The zero-order chi connectivity index (χ0) is 15.3. The van der Waals surface area contributed by atoms with Gasteiger partial charge in [0.15, 0.2) is 0 Å². The van der Waals surface area contributed by atoms with Crippen LogP contribution in [0.5, 0.6) is 0 Å². The zero-order valence-corrected chi connectivity index (χ0v) is 11.9. The maximum atomic E-state index is 12.2. The van der Waals surface area contributed by atoms with Gasteiger partial charge in [-0.2, -0.15) is 5.26 Å². The Morgan fingerprint density at radius 1 is 1.35 bits per heavy atom. The van der Waals surface area contributed by atoms with Crippen LogP contribution in [0.25, 0.3) is 0 Å². The largest absolute Gasteiger partial charge is 0.478 e. The van der Waals surface area contributed by atoms with Crippen LogP contribution >= 0.6 is 0 Å². The number of aryl methyl sites for hydroxylation is 1. The van der Waals surface area contributed by atoms with Gasteiger partial charge < -0.3 is 10.4 Å². The van der Waals surface area contributed by atoms with Crippen molar-refractivity contribution in [1.29, 1.82) is 5.26 Å². The Morgan fingerprint density at radius 2 is 1.95 bits per heavy atom. The summed E-state index contributed by atoms with van der Waals surface area (Å²) in [6.07, 6.45) is 0.857. The molecule has 1 amide bonds. The molecule has 0 aliphatic rings. The van der Waals surface area contributed by atoms with Crippen molar-refractivity contribution >= 4 is 17.6 Å². The van der Waals surface area contributed by atoms with Gasteiger partial charge in [0.1, 0.15) is 5.41 Å². The third kappa shape index (κ3) is 2.97.